The average Bonchev–Trinajstić information content (AvgIpc) is 3.09. The molecule has 2 aromatic rings. The first kappa shape index (κ1) is 24.0. The molecule has 35 heavy (non-hydrogen) atoms. The van der Waals surface area contributed by atoms with E-state index in [4.69, 9.17) is 4.74 Å². The van der Waals surface area contributed by atoms with E-state index in [1.165, 1.54) is 39.8 Å². The number of allylic oxidation sites excluding steroid dienone is 4. The van der Waals surface area contributed by atoms with Crippen LogP contribution < -0.4 is 10.1 Å². The zero-order chi connectivity index (χ0) is 25.8. The molecule has 1 aliphatic carbocycles. The molecule has 0 saturated heterocycles. The number of ketones is 3. The molecule has 0 saturated carbocycles. The second-order valence-corrected chi connectivity index (χ2v) is 8.87. The lowest BCUT2D eigenvalue weighted by molar-refractivity contribution is -0.123. The van der Waals surface area contributed by atoms with E-state index in [1.807, 2.05) is 0 Å². The summed E-state index contributed by atoms with van der Waals surface area (Å²) in [6.07, 6.45) is 0.151. The summed E-state index contributed by atoms with van der Waals surface area (Å²) in [5, 5.41) is 44.0. The molecule has 0 aromatic heterocycles. The van der Waals surface area contributed by atoms with Crippen LogP contribution in [0.25, 0.3) is 0 Å². The number of carbonyl (C=O) groups excluding carboxylic acids is 3. The van der Waals surface area contributed by atoms with E-state index in [2.05, 4.69) is 5.32 Å². The quantitative estimate of drug-likeness (QED) is 0.247. The van der Waals surface area contributed by atoms with E-state index >= 15 is 0 Å². The number of hydrogen-bond acceptors (Lipinski definition) is 9. The van der Waals surface area contributed by atoms with Crippen LogP contribution in [0, 0.1) is 6.92 Å². The van der Waals surface area contributed by atoms with E-state index in [9.17, 15) is 34.8 Å². The number of aliphatic hydroxyl groups excluding tert-OH is 1. The Morgan fingerprint density at radius 2 is 1.71 bits per heavy atom. The Morgan fingerprint density at radius 3 is 2.31 bits per heavy atom. The molecule has 0 amide bonds. The topological polar surface area (TPSA) is 153 Å². The molecule has 0 fully saturated rings. The van der Waals surface area contributed by atoms with E-state index in [0.717, 1.165) is 6.08 Å². The summed E-state index contributed by atoms with van der Waals surface area (Å²) in [4.78, 5) is 38.9. The van der Waals surface area contributed by atoms with Gasteiger partial charge < -0.3 is 30.5 Å². The van der Waals surface area contributed by atoms with Gasteiger partial charge in [-0.05, 0) is 45.4 Å². The van der Waals surface area contributed by atoms with Crippen molar-refractivity contribution in [3.63, 3.8) is 0 Å². The van der Waals surface area contributed by atoms with Gasteiger partial charge in [0.25, 0.3) is 0 Å². The fourth-order valence-electron chi connectivity index (χ4n) is 4.51. The van der Waals surface area contributed by atoms with Crippen molar-refractivity contribution < 1.29 is 39.5 Å². The van der Waals surface area contributed by atoms with Gasteiger partial charge in [-0.25, -0.2) is 0 Å². The van der Waals surface area contributed by atoms with Crippen molar-refractivity contribution >= 4 is 17.3 Å². The summed E-state index contributed by atoms with van der Waals surface area (Å²) in [5.41, 5.74) is -1.20. The minimum Gasteiger partial charge on any atom is -0.508 e. The molecule has 0 bridgehead atoms. The van der Waals surface area contributed by atoms with Gasteiger partial charge in [-0.3, -0.25) is 14.4 Å². The van der Waals surface area contributed by atoms with Crippen LogP contribution in [-0.2, 0) is 15.0 Å². The Balaban J connectivity index is 1.75. The van der Waals surface area contributed by atoms with Crippen LogP contribution >= 0.6 is 0 Å². The second-order valence-electron chi connectivity index (χ2n) is 8.87. The lowest BCUT2D eigenvalue weighted by Crippen LogP contribution is -2.41. The normalized spacial score (nSPS) is 21.0. The van der Waals surface area contributed by atoms with Crippen LogP contribution in [0.5, 0.6) is 23.0 Å². The molecule has 0 radical (unpaired) electrons. The number of phenolic OH excluding ortho intramolecular Hbond substituents is 3. The number of hydrogen-bond donors (Lipinski definition) is 5. The Labute approximate surface area is 201 Å². The number of rotatable bonds is 5. The Kier molecular flexibility index (Phi) is 5.68. The van der Waals surface area contributed by atoms with E-state index in [-0.39, 0.29) is 51.8 Å². The van der Waals surface area contributed by atoms with Crippen LogP contribution in [-0.4, -0.2) is 44.3 Å². The van der Waals surface area contributed by atoms with Crippen LogP contribution in [0.4, 0.5) is 0 Å². The van der Waals surface area contributed by atoms with E-state index < -0.39 is 40.4 Å². The predicted octanol–water partition coefficient (Wildman–Crippen LogP) is 2.60. The van der Waals surface area contributed by atoms with Crippen molar-refractivity contribution in [2.75, 3.05) is 6.54 Å². The molecule has 9 nitrogen and oxygen atoms in total. The second kappa shape index (κ2) is 8.28. The first-order chi connectivity index (χ1) is 16.4. The summed E-state index contributed by atoms with van der Waals surface area (Å²) in [6, 6.07) is 5.97. The highest BCUT2D eigenvalue weighted by atomic mass is 16.5. The number of phenols is 3. The van der Waals surface area contributed by atoms with E-state index in [1.54, 1.807) is 12.1 Å². The number of ether oxygens (including phenoxy) is 1. The molecule has 2 atom stereocenters. The largest absolute Gasteiger partial charge is 0.508 e. The van der Waals surface area contributed by atoms with Gasteiger partial charge in [0.15, 0.2) is 17.3 Å². The van der Waals surface area contributed by atoms with Gasteiger partial charge in [0.2, 0.25) is 0 Å². The molecule has 1 unspecified atom stereocenters. The van der Waals surface area contributed by atoms with Crippen molar-refractivity contribution in [1.29, 1.82) is 0 Å². The third-order valence-electron chi connectivity index (χ3n) is 6.60. The number of carbonyl (C=O) groups is 3. The summed E-state index contributed by atoms with van der Waals surface area (Å²) < 4.78 is 5.73. The SMILES string of the molecule is CC(=O)c1c(O)c(C)c(O)c2c1OC1=CC(=O)C(=C(C)NCC(O)c3ccc(O)cc3)C(=O)[C@@]12C. The summed E-state index contributed by atoms with van der Waals surface area (Å²) in [6.45, 7) is 5.62. The molecular weight excluding hydrogens is 454 g/mol. The first-order valence-corrected chi connectivity index (χ1v) is 10.9. The fourth-order valence-corrected chi connectivity index (χ4v) is 4.51. The highest BCUT2D eigenvalue weighted by molar-refractivity contribution is 6.31. The van der Waals surface area contributed by atoms with Crippen molar-refractivity contribution in [3.05, 3.63) is 69.6 Å². The van der Waals surface area contributed by atoms with Gasteiger partial charge in [-0.2, -0.15) is 0 Å². The van der Waals surface area contributed by atoms with Crippen LogP contribution in [0.3, 0.4) is 0 Å². The number of Topliss-reactive ketones (excluding diaryl/α,β-unsaturated/α-hetero) is 2. The van der Waals surface area contributed by atoms with Crippen molar-refractivity contribution in [1.82, 2.24) is 5.32 Å². The maximum Gasteiger partial charge on any atom is 0.194 e. The number of benzene rings is 2. The maximum atomic E-state index is 13.7. The highest BCUT2D eigenvalue weighted by Crippen LogP contribution is 2.57. The van der Waals surface area contributed by atoms with Gasteiger partial charge >= 0.3 is 0 Å². The number of fused-ring (bicyclic) bond motifs is 3. The zero-order valence-electron chi connectivity index (χ0n) is 19.6. The number of nitrogens with one attached hydrogen (secondary N) is 1. The zero-order valence-corrected chi connectivity index (χ0v) is 19.6. The molecule has 1 heterocycles. The van der Waals surface area contributed by atoms with Gasteiger partial charge in [0, 0.05) is 23.9 Å². The first-order valence-electron chi connectivity index (χ1n) is 10.9. The third kappa shape index (κ3) is 3.55. The van der Waals surface area contributed by atoms with Crippen molar-refractivity contribution in [2.45, 2.75) is 39.2 Å². The van der Waals surface area contributed by atoms with Gasteiger partial charge in [-0.15, -0.1) is 0 Å². The molecule has 4 rings (SSSR count). The molecule has 2 aliphatic rings. The van der Waals surface area contributed by atoms with E-state index in [0.29, 0.717) is 5.56 Å². The Morgan fingerprint density at radius 1 is 1.09 bits per heavy atom. The molecule has 5 N–H and O–H groups in total. The Hall–Kier alpha value is -4.11. The molecule has 0 spiro atoms. The summed E-state index contributed by atoms with van der Waals surface area (Å²) >= 11 is 0. The molecule has 2 aromatic carbocycles. The standard InChI is InChI=1S/C26H25NO8/c1-11-22(32)20(13(3)28)24-21(23(11)33)26(4)18(35-24)9-16(30)19(25(26)34)12(2)27-10-17(31)14-5-7-15(29)8-6-14/h5-9,17,27,29,31-33H,10H2,1-4H3/t17?,26-/m0/s1. The third-order valence-corrected chi connectivity index (χ3v) is 6.60. The van der Waals surface area contributed by atoms with Gasteiger partial charge in [0.05, 0.1) is 17.2 Å². The number of aliphatic hydroxyl groups is 1. The minimum atomic E-state index is -1.61. The van der Waals surface area contributed by atoms with Gasteiger partial charge in [-0.1, -0.05) is 12.1 Å². The molecule has 1 aliphatic heterocycles. The highest BCUT2D eigenvalue weighted by Gasteiger charge is 2.56. The smallest absolute Gasteiger partial charge is 0.194 e. The summed E-state index contributed by atoms with van der Waals surface area (Å²) in [5.74, 6) is -2.81. The monoisotopic (exact) mass is 479 g/mol. The van der Waals surface area contributed by atoms with Gasteiger partial charge in [0.1, 0.15) is 39.7 Å². The van der Waals surface area contributed by atoms with Crippen LogP contribution in [0.2, 0.25) is 0 Å². The Bertz CT molecular complexity index is 1350. The minimum absolute atomic E-state index is 0.0103. The molecular formula is C26H25NO8. The predicted molar refractivity (Wildman–Crippen MR) is 124 cm³/mol. The lowest BCUT2D eigenvalue weighted by Gasteiger charge is -2.29. The number of aromatic hydroxyl groups is 3. The van der Waals surface area contributed by atoms with Crippen molar-refractivity contribution in [3.8, 4) is 23.0 Å². The van der Waals surface area contributed by atoms with Crippen molar-refractivity contribution in [2.24, 2.45) is 0 Å². The summed E-state index contributed by atoms with van der Waals surface area (Å²) in [7, 11) is 0. The lowest BCUT2D eigenvalue weighted by atomic mass is 9.70. The average molecular weight is 479 g/mol. The van der Waals surface area contributed by atoms with Crippen LogP contribution in [0.1, 0.15) is 53.9 Å². The molecule has 182 valence electrons. The fraction of sp³-hybridized carbons (Fsp3) is 0.269. The maximum absolute atomic E-state index is 13.7. The van der Waals surface area contributed by atoms with Crippen LogP contribution in [0.15, 0.2) is 47.4 Å². The molecule has 9 heteroatoms.